The molecule has 1 N–H and O–H groups in total. The van der Waals surface area contributed by atoms with E-state index in [1.807, 2.05) is 0 Å². The topological polar surface area (TPSA) is 20.2 Å². The van der Waals surface area contributed by atoms with Crippen LogP contribution in [0.5, 0.6) is 0 Å². The quantitative estimate of drug-likeness (QED) is 0.296. The molecule has 5 rings (SSSR count). The standard InChI is InChI=1S/C31H42BrN3.ClH/c1-23-7-6-10-25(19-23)28(15-18-34(2)27-13-16-33-17-14-27)30-22-35(21-24-8-4-3-5-9-24)31-12-11-26(32)20-29(30)31;/h6-7,10-12,19-20,22,24,27-28,33H,3-5,8-9,13-18,21H2,1-2H3;1H. The fourth-order valence-electron chi connectivity index (χ4n) is 6.52. The van der Waals surface area contributed by atoms with Crippen molar-refractivity contribution in [2.24, 2.45) is 5.92 Å². The zero-order valence-electron chi connectivity index (χ0n) is 22.0. The van der Waals surface area contributed by atoms with E-state index in [0.29, 0.717) is 12.0 Å². The predicted molar refractivity (Wildman–Crippen MR) is 160 cm³/mol. The van der Waals surface area contributed by atoms with E-state index in [1.54, 1.807) is 0 Å². The molecule has 1 aliphatic carbocycles. The van der Waals surface area contributed by atoms with Gasteiger partial charge >= 0.3 is 0 Å². The van der Waals surface area contributed by atoms with Crippen LogP contribution in [-0.2, 0) is 6.54 Å². The lowest BCUT2D eigenvalue weighted by atomic mass is 9.87. The van der Waals surface area contributed by atoms with Gasteiger partial charge in [0.2, 0.25) is 0 Å². The van der Waals surface area contributed by atoms with Crippen LogP contribution in [0.25, 0.3) is 10.9 Å². The van der Waals surface area contributed by atoms with Crippen molar-refractivity contribution in [3.05, 3.63) is 69.8 Å². The molecular formula is C31H43BrClN3. The minimum atomic E-state index is 0. The number of aromatic nitrogens is 1. The molecule has 3 nitrogen and oxygen atoms in total. The number of nitrogens with one attached hydrogen (secondary N) is 1. The molecule has 3 aromatic rings. The van der Waals surface area contributed by atoms with Crippen LogP contribution in [0.2, 0.25) is 0 Å². The van der Waals surface area contributed by atoms with Crippen LogP contribution < -0.4 is 5.32 Å². The maximum absolute atomic E-state index is 3.78. The average molecular weight is 573 g/mol. The van der Waals surface area contributed by atoms with E-state index in [-0.39, 0.29) is 12.4 Å². The van der Waals surface area contributed by atoms with Crippen molar-refractivity contribution >= 4 is 39.2 Å². The molecule has 1 saturated heterocycles. The molecule has 2 fully saturated rings. The van der Waals surface area contributed by atoms with Crippen LogP contribution in [0.4, 0.5) is 0 Å². The summed E-state index contributed by atoms with van der Waals surface area (Å²) in [4.78, 5) is 2.63. The van der Waals surface area contributed by atoms with Gasteiger partial charge in [0.25, 0.3) is 0 Å². The Kier molecular flexibility index (Phi) is 9.97. The highest BCUT2D eigenvalue weighted by Crippen LogP contribution is 2.38. The van der Waals surface area contributed by atoms with Gasteiger partial charge in [-0.25, -0.2) is 0 Å². The van der Waals surface area contributed by atoms with Gasteiger partial charge in [-0.15, -0.1) is 12.4 Å². The Morgan fingerprint density at radius 1 is 1.03 bits per heavy atom. The van der Waals surface area contributed by atoms with Crippen molar-refractivity contribution in [3.8, 4) is 0 Å². The third-order valence-electron chi connectivity index (χ3n) is 8.58. The van der Waals surface area contributed by atoms with Crippen LogP contribution in [-0.4, -0.2) is 42.2 Å². The van der Waals surface area contributed by atoms with Gasteiger partial charge in [-0.1, -0.05) is 65.0 Å². The summed E-state index contributed by atoms with van der Waals surface area (Å²) in [6, 6.07) is 16.9. The second kappa shape index (κ2) is 13.0. The normalized spacial score (nSPS) is 18.4. The average Bonchev–Trinajstić information content (AvgIpc) is 3.22. The van der Waals surface area contributed by atoms with Gasteiger partial charge in [0.15, 0.2) is 0 Å². The molecule has 1 saturated carbocycles. The lowest BCUT2D eigenvalue weighted by Gasteiger charge is -2.32. The molecule has 2 aliphatic rings. The number of nitrogens with zero attached hydrogens (tertiary/aromatic N) is 2. The number of hydrogen-bond acceptors (Lipinski definition) is 2. The minimum Gasteiger partial charge on any atom is -0.347 e. The summed E-state index contributed by atoms with van der Waals surface area (Å²) < 4.78 is 3.77. The van der Waals surface area contributed by atoms with Crippen LogP contribution in [0.15, 0.2) is 53.1 Å². The fourth-order valence-corrected chi connectivity index (χ4v) is 6.89. The maximum atomic E-state index is 3.78. The Labute approximate surface area is 232 Å². The second-order valence-electron chi connectivity index (χ2n) is 11.1. The molecule has 2 aromatic carbocycles. The summed E-state index contributed by atoms with van der Waals surface area (Å²) in [7, 11) is 2.34. The Bertz CT molecular complexity index is 1110. The summed E-state index contributed by atoms with van der Waals surface area (Å²) in [6.07, 6.45) is 13.2. The molecule has 0 radical (unpaired) electrons. The first-order valence-corrected chi connectivity index (χ1v) is 14.6. The molecular weight excluding hydrogens is 530 g/mol. The van der Waals surface area contributed by atoms with E-state index >= 15 is 0 Å². The van der Waals surface area contributed by atoms with Gasteiger partial charge < -0.3 is 14.8 Å². The van der Waals surface area contributed by atoms with Crippen molar-refractivity contribution in [1.29, 1.82) is 0 Å². The van der Waals surface area contributed by atoms with Crippen LogP contribution in [0.3, 0.4) is 0 Å². The molecule has 2 heterocycles. The summed E-state index contributed by atoms with van der Waals surface area (Å²) in [5.74, 6) is 1.22. The van der Waals surface area contributed by atoms with E-state index in [0.717, 1.165) is 38.5 Å². The number of fused-ring (bicyclic) bond motifs is 1. The monoisotopic (exact) mass is 571 g/mol. The molecule has 0 amide bonds. The lowest BCUT2D eigenvalue weighted by Crippen LogP contribution is -2.41. The van der Waals surface area contributed by atoms with Crippen LogP contribution >= 0.6 is 28.3 Å². The van der Waals surface area contributed by atoms with E-state index in [4.69, 9.17) is 0 Å². The van der Waals surface area contributed by atoms with Crippen LogP contribution in [0.1, 0.15) is 74.0 Å². The highest BCUT2D eigenvalue weighted by atomic mass is 79.9. The summed E-state index contributed by atoms with van der Waals surface area (Å²) in [5.41, 5.74) is 5.71. The number of hydrogen-bond donors (Lipinski definition) is 1. The zero-order chi connectivity index (χ0) is 24.2. The highest BCUT2D eigenvalue weighted by Gasteiger charge is 2.24. The van der Waals surface area contributed by atoms with Gasteiger partial charge in [0.05, 0.1) is 0 Å². The molecule has 1 unspecified atom stereocenters. The number of rotatable bonds is 8. The Hall–Kier alpha value is -1.33. The molecule has 36 heavy (non-hydrogen) atoms. The van der Waals surface area contributed by atoms with Gasteiger partial charge in [-0.05, 0) is 101 Å². The highest BCUT2D eigenvalue weighted by molar-refractivity contribution is 9.10. The minimum absolute atomic E-state index is 0. The van der Waals surface area contributed by atoms with E-state index in [2.05, 4.69) is 93.3 Å². The van der Waals surface area contributed by atoms with E-state index in [1.165, 1.54) is 77.0 Å². The Balaban J connectivity index is 0.00000304. The second-order valence-corrected chi connectivity index (χ2v) is 12.0. The first-order chi connectivity index (χ1) is 17.1. The van der Waals surface area contributed by atoms with Gasteiger partial charge in [-0.2, -0.15) is 0 Å². The fraction of sp³-hybridized carbons (Fsp3) is 0.548. The van der Waals surface area contributed by atoms with Gasteiger partial charge in [0, 0.05) is 40.1 Å². The zero-order valence-corrected chi connectivity index (χ0v) is 24.4. The first kappa shape index (κ1) is 27.7. The van der Waals surface area contributed by atoms with E-state index in [9.17, 15) is 0 Å². The SMILES string of the molecule is Cc1cccc(C(CCN(C)C2CCNCC2)c2cn(CC3CCCCC3)c3ccc(Br)cc23)c1.Cl. The summed E-state index contributed by atoms with van der Waals surface area (Å²) in [5, 5.41) is 4.94. The summed E-state index contributed by atoms with van der Waals surface area (Å²) in [6.45, 7) is 6.82. The Morgan fingerprint density at radius 3 is 2.56 bits per heavy atom. The van der Waals surface area contributed by atoms with Crippen molar-refractivity contribution in [1.82, 2.24) is 14.8 Å². The Morgan fingerprint density at radius 2 is 1.81 bits per heavy atom. The molecule has 0 bridgehead atoms. The predicted octanol–water partition coefficient (Wildman–Crippen LogP) is 7.92. The molecule has 1 atom stereocenters. The molecule has 1 aliphatic heterocycles. The smallest absolute Gasteiger partial charge is 0.0484 e. The summed E-state index contributed by atoms with van der Waals surface area (Å²) >= 11 is 3.78. The van der Waals surface area contributed by atoms with E-state index < -0.39 is 0 Å². The number of piperidine rings is 1. The molecule has 196 valence electrons. The largest absolute Gasteiger partial charge is 0.347 e. The number of halogens is 2. The molecule has 1 aromatic heterocycles. The van der Waals surface area contributed by atoms with Crippen molar-refractivity contribution in [3.63, 3.8) is 0 Å². The first-order valence-electron chi connectivity index (χ1n) is 13.8. The van der Waals surface area contributed by atoms with Crippen molar-refractivity contribution in [2.45, 2.75) is 76.8 Å². The lowest BCUT2D eigenvalue weighted by molar-refractivity contribution is 0.195. The van der Waals surface area contributed by atoms with Gasteiger partial charge in [0.1, 0.15) is 0 Å². The maximum Gasteiger partial charge on any atom is 0.0484 e. The third kappa shape index (κ3) is 6.56. The number of aryl methyl sites for hydroxylation is 1. The third-order valence-corrected chi connectivity index (χ3v) is 9.07. The molecule has 5 heteroatoms. The van der Waals surface area contributed by atoms with Gasteiger partial charge in [-0.3, -0.25) is 0 Å². The van der Waals surface area contributed by atoms with Crippen LogP contribution in [0, 0.1) is 12.8 Å². The number of benzene rings is 2. The van der Waals surface area contributed by atoms with Crippen molar-refractivity contribution in [2.75, 3.05) is 26.7 Å². The van der Waals surface area contributed by atoms with Crippen molar-refractivity contribution < 1.29 is 0 Å². The molecule has 0 spiro atoms.